The Kier molecular flexibility index (Phi) is 8.54. The van der Waals surface area contributed by atoms with Crippen molar-refractivity contribution in [2.24, 2.45) is 0 Å². The summed E-state index contributed by atoms with van der Waals surface area (Å²) in [6.45, 7) is 7.09. The minimum absolute atomic E-state index is 0.0288. The van der Waals surface area contributed by atoms with Crippen LogP contribution in [0.4, 0.5) is 0 Å². The molecule has 0 aromatic heterocycles. The summed E-state index contributed by atoms with van der Waals surface area (Å²) in [6, 6.07) is 11.2. The molecule has 1 amide bonds. The van der Waals surface area contributed by atoms with Gasteiger partial charge in [-0.15, -0.1) is 0 Å². The molecule has 3 rings (SSSR count). The van der Waals surface area contributed by atoms with E-state index in [0.29, 0.717) is 54.7 Å². The van der Waals surface area contributed by atoms with Crippen molar-refractivity contribution in [3.05, 3.63) is 71.8 Å². The number of aliphatic hydroxyl groups excluding tert-OH is 1. The van der Waals surface area contributed by atoms with Crippen LogP contribution in [0.1, 0.15) is 24.1 Å². The average Bonchev–Trinajstić information content (AvgIpc) is 3.11. The molecule has 1 aliphatic heterocycles. The number of rotatable bonds is 11. The van der Waals surface area contributed by atoms with E-state index < -0.39 is 17.7 Å². The third kappa shape index (κ3) is 5.66. The normalized spacial score (nSPS) is 17.1. The SMILES string of the molecule is C=CCOc1ccc(C2C(=C(O)c3ccc(OC)cc3)C(=O)C(=O)N2CCN(C)C)cc1OCC. The van der Waals surface area contributed by atoms with Crippen molar-refractivity contribution in [3.8, 4) is 17.2 Å². The fraction of sp³-hybridized carbons (Fsp3) is 0.333. The molecule has 0 saturated carbocycles. The number of carbonyl (C=O) groups excluding carboxylic acids is 2. The molecule has 186 valence electrons. The highest BCUT2D eigenvalue weighted by Crippen LogP contribution is 2.42. The number of ether oxygens (including phenoxy) is 3. The number of methoxy groups -OCH3 is 1. The molecule has 0 aliphatic carbocycles. The van der Waals surface area contributed by atoms with Crippen LogP contribution < -0.4 is 14.2 Å². The lowest BCUT2D eigenvalue weighted by Crippen LogP contribution is -2.35. The first-order chi connectivity index (χ1) is 16.8. The Morgan fingerprint density at radius 3 is 2.43 bits per heavy atom. The Balaban J connectivity index is 2.15. The zero-order valence-corrected chi connectivity index (χ0v) is 20.6. The van der Waals surface area contributed by atoms with Gasteiger partial charge in [-0.25, -0.2) is 0 Å². The van der Waals surface area contributed by atoms with E-state index in [0.717, 1.165) is 0 Å². The number of nitrogens with zero attached hydrogens (tertiary/aromatic N) is 2. The molecule has 0 bridgehead atoms. The van der Waals surface area contributed by atoms with E-state index >= 15 is 0 Å². The van der Waals surface area contributed by atoms with Gasteiger partial charge in [-0.2, -0.15) is 0 Å². The second-order valence-corrected chi connectivity index (χ2v) is 8.26. The van der Waals surface area contributed by atoms with Crippen LogP contribution in [0, 0.1) is 0 Å². The van der Waals surface area contributed by atoms with Gasteiger partial charge >= 0.3 is 0 Å². The minimum Gasteiger partial charge on any atom is -0.507 e. The van der Waals surface area contributed by atoms with Crippen molar-refractivity contribution in [3.63, 3.8) is 0 Å². The van der Waals surface area contributed by atoms with Gasteiger partial charge in [-0.05, 0) is 63.0 Å². The van der Waals surface area contributed by atoms with Gasteiger partial charge in [0.25, 0.3) is 11.7 Å². The number of likely N-dealkylation sites (N-methyl/N-ethyl adjacent to an activating group) is 1. The molecule has 0 spiro atoms. The van der Waals surface area contributed by atoms with Crippen LogP contribution >= 0.6 is 0 Å². The van der Waals surface area contributed by atoms with E-state index in [1.807, 2.05) is 25.9 Å². The molecule has 1 atom stereocenters. The van der Waals surface area contributed by atoms with Gasteiger partial charge in [0.2, 0.25) is 0 Å². The summed E-state index contributed by atoms with van der Waals surface area (Å²) in [6.07, 6.45) is 1.63. The highest BCUT2D eigenvalue weighted by Gasteiger charge is 2.46. The van der Waals surface area contributed by atoms with Crippen LogP contribution in [0.2, 0.25) is 0 Å². The molecular formula is C27H32N2O6. The molecule has 2 aromatic carbocycles. The van der Waals surface area contributed by atoms with E-state index in [2.05, 4.69) is 6.58 Å². The summed E-state index contributed by atoms with van der Waals surface area (Å²) in [4.78, 5) is 29.7. The van der Waals surface area contributed by atoms with Gasteiger partial charge in [-0.3, -0.25) is 9.59 Å². The van der Waals surface area contributed by atoms with Crippen molar-refractivity contribution >= 4 is 17.4 Å². The quantitative estimate of drug-likeness (QED) is 0.227. The molecule has 1 aliphatic rings. The van der Waals surface area contributed by atoms with Gasteiger partial charge in [0, 0.05) is 18.7 Å². The first-order valence-electron chi connectivity index (χ1n) is 11.4. The van der Waals surface area contributed by atoms with Crippen molar-refractivity contribution < 1.29 is 28.9 Å². The van der Waals surface area contributed by atoms with Gasteiger partial charge in [0.15, 0.2) is 11.5 Å². The number of Topliss-reactive ketones (excluding diaryl/α,β-unsaturated/α-hetero) is 1. The lowest BCUT2D eigenvalue weighted by atomic mass is 9.95. The molecule has 1 N–H and O–H groups in total. The zero-order chi connectivity index (χ0) is 25.5. The van der Waals surface area contributed by atoms with Crippen molar-refractivity contribution in [1.82, 2.24) is 9.80 Å². The van der Waals surface area contributed by atoms with Crippen molar-refractivity contribution in [1.29, 1.82) is 0 Å². The number of benzene rings is 2. The molecular weight excluding hydrogens is 448 g/mol. The van der Waals surface area contributed by atoms with Crippen LogP contribution in [0.3, 0.4) is 0 Å². The Hall–Kier alpha value is -3.78. The molecule has 1 unspecified atom stereocenters. The van der Waals surface area contributed by atoms with E-state index in [1.165, 1.54) is 4.90 Å². The lowest BCUT2D eigenvalue weighted by Gasteiger charge is -2.27. The van der Waals surface area contributed by atoms with E-state index in [9.17, 15) is 14.7 Å². The standard InChI is InChI=1S/C27H32N2O6/c1-6-16-35-21-13-10-19(17-22(21)34-7-2)24-23(25(30)18-8-11-20(33-5)12-9-18)26(31)27(32)29(24)15-14-28(3)4/h6,8-13,17,24,30H,1,7,14-16H2,2-5H3. The van der Waals surface area contributed by atoms with E-state index in [1.54, 1.807) is 55.7 Å². The van der Waals surface area contributed by atoms with Crippen LogP contribution in [-0.4, -0.2) is 74.1 Å². The topological polar surface area (TPSA) is 88.5 Å². The van der Waals surface area contributed by atoms with Crippen LogP contribution in [-0.2, 0) is 9.59 Å². The lowest BCUT2D eigenvalue weighted by molar-refractivity contribution is -0.140. The fourth-order valence-electron chi connectivity index (χ4n) is 3.90. The monoisotopic (exact) mass is 480 g/mol. The second kappa shape index (κ2) is 11.6. The maximum absolute atomic E-state index is 13.2. The molecule has 2 aromatic rings. The van der Waals surface area contributed by atoms with E-state index in [4.69, 9.17) is 14.2 Å². The largest absolute Gasteiger partial charge is 0.507 e. The van der Waals surface area contributed by atoms with Crippen LogP contribution in [0.25, 0.3) is 5.76 Å². The maximum atomic E-state index is 13.2. The molecule has 1 heterocycles. The summed E-state index contributed by atoms with van der Waals surface area (Å²) in [7, 11) is 5.33. The molecule has 8 heteroatoms. The third-order valence-electron chi connectivity index (χ3n) is 5.63. The van der Waals surface area contributed by atoms with E-state index in [-0.39, 0.29) is 11.3 Å². The number of amides is 1. The van der Waals surface area contributed by atoms with Gasteiger partial charge in [0.05, 0.1) is 25.3 Å². The Morgan fingerprint density at radius 1 is 1.11 bits per heavy atom. The first kappa shape index (κ1) is 25.8. The molecule has 0 radical (unpaired) electrons. The smallest absolute Gasteiger partial charge is 0.295 e. The average molecular weight is 481 g/mol. The second-order valence-electron chi connectivity index (χ2n) is 8.26. The molecule has 35 heavy (non-hydrogen) atoms. The number of carbonyl (C=O) groups is 2. The fourth-order valence-corrected chi connectivity index (χ4v) is 3.90. The summed E-state index contributed by atoms with van der Waals surface area (Å²) < 4.78 is 16.7. The maximum Gasteiger partial charge on any atom is 0.295 e. The summed E-state index contributed by atoms with van der Waals surface area (Å²) in [5, 5.41) is 11.2. The number of hydrogen-bond donors (Lipinski definition) is 1. The predicted molar refractivity (Wildman–Crippen MR) is 134 cm³/mol. The van der Waals surface area contributed by atoms with Crippen molar-refractivity contribution in [2.45, 2.75) is 13.0 Å². The number of likely N-dealkylation sites (tertiary alicyclic amines) is 1. The number of hydrogen-bond acceptors (Lipinski definition) is 7. The van der Waals surface area contributed by atoms with Gasteiger partial charge < -0.3 is 29.1 Å². The molecule has 8 nitrogen and oxygen atoms in total. The summed E-state index contributed by atoms with van der Waals surface area (Å²) >= 11 is 0. The number of aliphatic hydroxyl groups is 1. The Bertz CT molecular complexity index is 1110. The summed E-state index contributed by atoms with van der Waals surface area (Å²) in [5.41, 5.74) is 1.07. The molecule has 1 saturated heterocycles. The van der Waals surface area contributed by atoms with Gasteiger partial charge in [0.1, 0.15) is 18.1 Å². The van der Waals surface area contributed by atoms with Crippen molar-refractivity contribution in [2.75, 3.05) is 47.5 Å². The Morgan fingerprint density at radius 2 is 1.83 bits per heavy atom. The highest BCUT2D eigenvalue weighted by atomic mass is 16.5. The molecule has 1 fully saturated rings. The first-order valence-corrected chi connectivity index (χ1v) is 11.4. The summed E-state index contributed by atoms with van der Waals surface area (Å²) in [5.74, 6) is -0.0106. The minimum atomic E-state index is -0.787. The predicted octanol–water partition coefficient (Wildman–Crippen LogP) is 3.64. The third-order valence-corrected chi connectivity index (χ3v) is 5.63. The van der Waals surface area contributed by atoms with Gasteiger partial charge in [-0.1, -0.05) is 18.7 Å². The zero-order valence-electron chi connectivity index (χ0n) is 20.6. The van der Waals surface area contributed by atoms with Crippen LogP contribution in [0.15, 0.2) is 60.7 Å². The Labute approximate surface area is 206 Å². The highest BCUT2D eigenvalue weighted by molar-refractivity contribution is 6.46. The van der Waals surface area contributed by atoms with Crippen LogP contribution in [0.5, 0.6) is 17.2 Å². The number of ketones is 1.